The molecule has 1 aliphatic carbocycles. The highest BCUT2D eigenvalue weighted by molar-refractivity contribution is 6.05. The summed E-state index contributed by atoms with van der Waals surface area (Å²) in [6, 6.07) is 32.1. The van der Waals surface area contributed by atoms with Gasteiger partial charge in [-0.2, -0.15) is 0 Å². The number of likely N-dealkylation sites (tertiary alicyclic amines) is 1. The number of benzene rings is 4. The van der Waals surface area contributed by atoms with Gasteiger partial charge in [-0.15, -0.1) is 0 Å². The predicted molar refractivity (Wildman–Crippen MR) is 208 cm³/mol. The Morgan fingerprint density at radius 1 is 0.685 bits per heavy atom. The summed E-state index contributed by atoms with van der Waals surface area (Å²) in [7, 11) is 0. The van der Waals surface area contributed by atoms with Crippen LogP contribution in [0.4, 0.5) is 10.1 Å². The van der Waals surface area contributed by atoms with Crippen molar-refractivity contribution in [1.29, 1.82) is 0 Å². The van der Waals surface area contributed by atoms with Crippen molar-refractivity contribution < 1.29 is 18.8 Å². The number of carbonyl (C=O) groups is 3. The van der Waals surface area contributed by atoms with Gasteiger partial charge in [-0.3, -0.25) is 19.7 Å². The summed E-state index contributed by atoms with van der Waals surface area (Å²) in [5, 5.41) is 2.34. The molecule has 0 radical (unpaired) electrons. The van der Waals surface area contributed by atoms with Crippen LogP contribution in [0.25, 0.3) is 0 Å². The van der Waals surface area contributed by atoms with Gasteiger partial charge in [-0.25, -0.2) is 4.39 Å². The third kappa shape index (κ3) is 6.74. The van der Waals surface area contributed by atoms with Crippen LogP contribution in [0.5, 0.6) is 0 Å². The van der Waals surface area contributed by atoms with Gasteiger partial charge >= 0.3 is 0 Å². The Morgan fingerprint density at radius 2 is 1.43 bits per heavy atom. The predicted octanol–water partition coefficient (Wildman–Crippen LogP) is 7.54. The summed E-state index contributed by atoms with van der Waals surface area (Å²) < 4.78 is 15.5. The van der Waals surface area contributed by atoms with E-state index in [1.807, 2.05) is 6.07 Å². The molecule has 0 aromatic heterocycles. The molecule has 3 unspecified atom stereocenters. The van der Waals surface area contributed by atoms with E-state index >= 15 is 4.39 Å². The lowest BCUT2D eigenvalue weighted by Crippen LogP contribution is -2.52. The number of piperidine rings is 3. The van der Waals surface area contributed by atoms with E-state index in [0.717, 1.165) is 57.5 Å². The number of carbonyl (C=O) groups excluding carboxylic acids is 3. The number of amides is 3. The van der Waals surface area contributed by atoms with Gasteiger partial charge in [0.2, 0.25) is 11.8 Å². The zero-order chi connectivity index (χ0) is 36.8. The van der Waals surface area contributed by atoms with E-state index in [9.17, 15) is 14.4 Å². The van der Waals surface area contributed by atoms with Crippen molar-refractivity contribution in [3.8, 4) is 0 Å². The Labute approximate surface area is 317 Å². The number of fused-ring (bicyclic) bond motifs is 2. The number of nitrogens with one attached hydrogen (secondary N) is 1. The molecule has 3 saturated heterocycles. The Morgan fingerprint density at radius 3 is 2.19 bits per heavy atom. The molecule has 8 heteroatoms. The lowest BCUT2D eigenvalue weighted by Gasteiger charge is -2.39. The Hall–Kier alpha value is -4.82. The van der Waals surface area contributed by atoms with Crippen LogP contribution in [-0.4, -0.2) is 66.3 Å². The molecule has 0 saturated carbocycles. The highest BCUT2D eigenvalue weighted by Gasteiger charge is 2.40. The van der Waals surface area contributed by atoms with Gasteiger partial charge < -0.3 is 14.7 Å². The maximum atomic E-state index is 15.5. The summed E-state index contributed by atoms with van der Waals surface area (Å²) >= 11 is 0. The molecule has 5 aliphatic rings. The molecular weight excluding hydrogens is 676 g/mol. The molecule has 54 heavy (non-hydrogen) atoms. The molecule has 4 aromatic rings. The van der Waals surface area contributed by atoms with Crippen LogP contribution in [0, 0.1) is 11.7 Å². The zero-order valence-electron chi connectivity index (χ0n) is 30.9. The maximum absolute atomic E-state index is 15.5. The van der Waals surface area contributed by atoms with Gasteiger partial charge in [-0.05, 0) is 127 Å². The second-order valence-electron chi connectivity index (χ2n) is 16.3. The number of aryl methyl sites for hydroxylation is 1. The molecule has 0 bridgehead atoms. The average Bonchev–Trinajstić information content (AvgIpc) is 3.52. The van der Waals surface area contributed by atoms with Crippen molar-refractivity contribution in [3.05, 3.63) is 136 Å². The van der Waals surface area contributed by atoms with Gasteiger partial charge in [0.15, 0.2) is 0 Å². The van der Waals surface area contributed by atoms with Crippen molar-refractivity contribution in [2.24, 2.45) is 5.92 Å². The first-order valence-electron chi connectivity index (χ1n) is 20.1. The van der Waals surface area contributed by atoms with E-state index in [1.165, 1.54) is 58.2 Å². The number of halogens is 1. The van der Waals surface area contributed by atoms with E-state index in [0.29, 0.717) is 35.3 Å². The van der Waals surface area contributed by atoms with Gasteiger partial charge in [0, 0.05) is 49.8 Å². The van der Waals surface area contributed by atoms with E-state index in [1.54, 1.807) is 0 Å². The van der Waals surface area contributed by atoms with Gasteiger partial charge in [-0.1, -0.05) is 72.8 Å². The van der Waals surface area contributed by atoms with Crippen molar-refractivity contribution in [1.82, 2.24) is 15.1 Å². The minimum Gasteiger partial charge on any atom is -0.372 e. The van der Waals surface area contributed by atoms with E-state index in [4.69, 9.17) is 0 Å². The first kappa shape index (κ1) is 34.9. The van der Waals surface area contributed by atoms with E-state index < -0.39 is 11.9 Å². The Balaban J connectivity index is 0.786. The lowest BCUT2D eigenvalue weighted by atomic mass is 9.69. The van der Waals surface area contributed by atoms with Crippen LogP contribution < -0.4 is 10.2 Å². The van der Waals surface area contributed by atoms with Crippen molar-refractivity contribution >= 4 is 23.4 Å². The molecule has 3 atom stereocenters. The molecule has 4 aromatic carbocycles. The highest BCUT2D eigenvalue weighted by atomic mass is 19.1. The number of hydrogen-bond donors (Lipinski definition) is 1. The SMILES string of the molecule is O=C1CCC(N2Cc3cc(C4CCN(CC5CCN(c6ccc(C7c8ccccc8CCC7c7ccccc7)cc6)CC5)CC4)c(F)cc3C2=O)C(=O)N1. The van der Waals surface area contributed by atoms with Gasteiger partial charge in [0.1, 0.15) is 11.9 Å². The standard InChI is InChI=1S/C46H49FN4O3/c47-41-27-40-35(29-51(46(40)54)42-16-17-43(52)48-45(42)53)26-39(41)33-20-22-49(23-21-33)28-30-18-24-50(25-19-30)36-13-10-34(11-14-36)44-37-9-5-4-8-32(37)12-15-38(44)31-6-2-1-3-7-31/h1-11,13-14,26-27,30,33,38,42,44H,12,15-25,28-29H2,(H,48,52,53). The fraction of sp³-hybridized carbons (Fsp3) is 0.413. The summed E-state index contributed by atoms with van der Waals surface area (Å²) in [5.74, 6) is 0.189. The third-order valence-electron chi connectivity index (χ3n) is 13.2. The molecule has 0 spiro atoms. The van der Waals surface area contributed by atoms with Crippen LogP contribution >= 0.6 is 0 Å². The first-order chi connectivity index (χ1) is 26.4. The molecule has 278 valence electrons. The Bertz CT molecular complexity index is 2030. The second kappa shape index (κ2) is 14.8. The second-order valence-corrected chi connectivity index (χ2v) is 16.3. The van der Waals surface area contributed by atoms with Crippen LogP contribution in [0.2, 0.25) is 0 Å². The summed E-state index contributed by atoms with van der Waals surface area (Å²) in [6.45, 7) is 5.38. The smallest absolute Gasteiger partial charge is 0.255 e. The first-order valence-corrected chi connectivity index (χ1v) is 20.1. The zero-order valence-corrected chi connectivity index (χ0v) is 30.9. The molecule has 3 fully saturated rings. The van der Waals surface area contributed by atoms with Crippen molar-refractivity contribution in [2.75, 3.05) is 37.6 Å². The molecule has 1 N–H and O–H groups in total. The summed E-state index contributed by atoms with van der Waals surface area (Å²) in [4.78, 5) is 43.8. The molecule has 4 heterocycles. The largest absolute Gasteiger partial charge is 0.372 e. The number of rotatable bonds is 7. The molecular formula is C46H49FN4O3. The van der Waals surface area contributed by atoms with Crippen LogP contribution in [0.1, 0.15) is 106 Å². The third-order valence-corrected chi connectivity index (χ3v) is 13.2. The van der Waals surface area contributed by atoms with Crippen molar-refractivity contribution in [3.63, 3.8) is 0 Å². The van der Waals surface area contributed by atoms with Gasteiger partial charge in [0.05, 0.1) is 0 Å². The topological polar surface area (TPSA) is 73.0 Å². The Kier molecular flexibility index (Phi) is 9.56. The fourth-order valence-electron chi connectivity index (χ4n) is 10.2. The number of anilines is 1. The lowest BCUT2D eigenvalue weighted by molar-refractivity contribution is -0.136. The maximum Gasteiger partial charge on any atom is 0.255 e. The van der Waals surface area contributed by atoms with Gasteiger partial charge in [0.25, 0.3) is 5.91 Å². The van der Waals surface area contributed by atoms with E-state index in [-0.39, 0.29) is 36.5 Å². The summed E-state index contributed by atoms with van der Waals surface area (Å²) in [6.07, 6.45) is 6.92. The molecule has 4 aliphatic heterocycles. The van der Waals surface area contributed by atoms with Crippen LogP contribution in [-0.2, 0) is 22.6 Å². The van der Waals surface area contributed by atoms with Crippen molar-refractivity contribution in [2.45, 2.75) is 81.7 Å². The monoisotopic (exact) mass is 724 g/mol. The van der Waals surface area contributed by atoms with Crippen LogP contribution in [0.3, 0.4) is 0 Å². The van der Waals surface area contributed by atoms with E-state index in [2.05, 4.69) is 94.0 Å². The number of nitrogens with zero attached hydrogens (tertiary/aromatic N) is 3. The quantitative estimate of drug-likeness (QED) is 0.200. The molecule has 3 amide bonds. The highest BCUT2D eigenvalue weighted by Crippen LogP contribution is 2.46. The number of imide groups is 1. The minimum absolute atomic E-state index is 0.112. The molecule has 7 nitrogen and oxygen atoms in total. The van der Waals surface area contributed by atoms with Crippen LogP contribution in [0.15, 0.2) is 91.0 Å². The normalized spacial score (nSPS) is 24.0. The average molecular weight is 725 g/mol. The summed E-state index contributed by atoms with van der Waals surface area (Å²) in [5.41, 5.74) is 8.92. The molecule has 9 rings (SSSR count). The number of hydrogen-bond acceptors (Lipinski definition) is 5. The fourth-order valence-corrected chi connectivity index (χ4v) is 10.2. The minimum atomic E-state index is -0.692.